The van der Waals surface area contributed by atoms with Crippen LogP contribution in [0.25, 0.3) is 5.76 Å². The van der Waals surface area contributed by atoms with E-state index in [9.17, 15) is 14.7 Å². The molecular weight excluding hydrogens is 422 g/mol. The van der Waals surface area contributed by atoms with Crippen molar-refractivity contribution in [2.75, 3.05) is 11.5 Å². The highest BCUT2D eigenvalue weighted by atomic mass is 32.1. The number of benzene rings is 2. The van der Waals surface area contributed by atoms with Crippen LogP contribution in [0, 0.1) is 12.8 Å². The lowest BCUT2D eigenvalue weighted by Crippen LogP contribution is -2.29. The fourth-order valence-corrected chi connectivity index (χ4v) is 4.78. The van der Waals surface area contributed by atoms with Crippen LogP contribution in [0.4, 0.5) is 5.69 Å². The number of hydrogen-bond donors (Lipinski definition) is 1. The Hall–Kier alpha value is -3.38. The van der Waals surface area contributed by atoms with Gasteiger partial charge in [-0.1, -0.05) is 44.2 Å². The van der Waals surface area contributed by atoms with E-state index in [2.05, 4.69) is 13.8 Å². The predicted molar refractivity (Wildman–Crippen MR) is 127 cm³/mol. The van der Waals surface area contributed by atoms with Crippen molar-refractivity contribution in [2.24, 2.45) is 5.92 Å². The molecule has 0 bridgehead atoms. The summed E-state index contributed by atoms with van der Waals surface area (Å²) in [6.45, 7) is 6.59. The van der Waals surface area contributed by atoms with E-state index in [-0.39, 0.29) is 11.3 Å². The standard InChI is InChI=1S/C26H25NO4S/c1-16(2)15-31-20-11-7-8-18(14-20)23(28)21-22(25-17(3)12-13-32-25)27(26(30)24(21)29)19-9-5-4-6-10-19/h4-14,16,22,28H,15H2,1-3H3/b23-21-. The molecule has 1 amide bonds. The minimum atomic E-state index is -0.697. The summed E-state index contributed by atoms with van der Waals surface area (Å²) in [6, 6.07) is 17.3. The van der Waals surface area contributed by atoms with Gasteiger partial charge in [0, 0.05) is 16.1 Å². The molecule has 1 aromatic heterocycles. The Morgan fingerprint density at radius 1 is 1.09 bits per heavy atom. The molecule has 0 spiro atoms. The third-order valence-electron chi connectivity index (χ3n) is 5.32. The molecule has 1 unspecified atom stereocenters. The zero-order chi connectivity index (χ0) is 22.8. The molecule has 4 rings (SSSR count). The number of ether oxygens (including phenoxy) is 1. The smallest absolute Gasteiger partial charge is 0.300 e. The summed E-state index contributed by atoms with van der Waals surface area (Å²) >= 11 is 1.46. The third-order valence-corrected chi connectivity index (χ3v) is 6.39. The maximum atomic E-state index is 13.2. The molecule has 32 heavy (non-hydrogen) atoms. The van der Waals surface area contributed by atoms with Gasteiger partial charge in [-0.3, -0.25) is 14.5 Å². The van der Waals surface area contributed by atoms with Crippen molar-refractivity contribution in [2.45, 2.75) is 26.8 Å². The molecular formula is C26H25NO4S. The number of thiophene rings is 1. The van der Waals surface area contributed by atoms with Crippen molar-refractivity contribution < 1.29 is 19.4 Å². The third kappa shape index (κ3) is 4.06. The van der Waals surface area contributed by atoms with E-state index in [1.54, 1.807) is 30.3 Å². The van der Waals surface area contributed by atoms with Crippen LogP contribution in [-0.4, -0.2) is 23.4 Å². The van der Waals surface area contributed by atoms with Gasteiger partial charge in [0.15, 0.2) is 0 Å². The van der Waals surface area contributed by atoms with E-state index >= 15 is 0 Å². The van der Waals surface area contributed by atoms with Gasteiger partial charge in [-0.25, -0.2) is 0 Å². The first kappa shape index (κ1) is 21.8. The Morgan fingerprint density at radius 3 is 2.50 bits per heavy atom. The molecule has 2 aromatic carbocycles. The molecule has 1 aliphatic heterocycles. The molecule has 0 saturated carbocycles. The van der Waals surface area contributed by atoms with Gasteiger partial charge in [-0.2, -0.15) is 0 Å². The summed E-state index contributed by atoms with van der Waals surface area (Å²) in [4.78, 5) is 28.6. The second-order valence-electron chi connectivity index (χ2n) is 8.21. The molecule has 0 aliphatic carbocycles. The van der Waals surface area contributed by atoms with Gasteiger partial charge in [-0.05, 0) is 54.1 Å². The van der Waals surface area contributed by atoms with E-state index in [0.717, 1.165) is 10.4 Å². The zero-order valence-electron chi connectivity index (χ0n) is 18.2. The fraction of sp³-hybridized carbons (Fsp3) is 0.231. The number of aliphatic hydroxyl groups excluding tert-OH is 1. The molecule has 3 aromatic rings. The van der Waals surface area contributed by atoms with Crippen LogP contribution >= 0.6 is 11.3 Å². The van der Waals surface area contributed by atoms with Gasteiger partial charge in [0.25, 0.3) is 11.7 Å². The predicted octanol–water partition coefficient (Wildman–Crippen LogP) is 5.72. The van der Waals surface area contributed by atoms with Gasteiger partial charge in [-0.15, -0.1) is 11.3 Å². The largest absolute Gasteiger partial charge is 0.507 e. The van der Waals surface area contributed by atoms with Crippen LogP contribution < -0.4 is 9.64 Å². The Labute approximate surface area is 191 Å². The molecule has 2 heterocycles. The Balaban J connectivity index is 1.85. The molecule has 1 N–H and O–H groups in total. The number of anilines is 1. The minimum absolute atomic E-state index is 0.0883. The van der Waals surface area contributed by atoms with Crippen LogP contribution in [-0.2, 0) is 9.59 Å². The molecule has 1 saturated heterocycles. The van der Waals surface area contributed by atoms with E-state index in [0.29, 0.717) is 29.5 Å². The van der Waals surface area contributed by atoms with Crippen LogP contribution in [0.1, 0.15) is 35.9 Å². The Morgan fingerprint density at radius 2 is 1.84 bits per heavy atom. The number of aliphatic hydroxyl groups is 1. The molecule has 0 radical (unpaired) electrons. The van der Waals surface area contributed by atoms with Gasteiger partial charge in [0.2, 0.25) is 0 Å². The first-order chi connectivity index (χ1) is 15.4. The van der Waals surface area contributed by atoms with Gasteiger partial charge in [0.1, 0.15) is 17.6 Å². The number of carbonyl (C=O) groups is 2. The van der Waals surface area contributed by atoms with Crippen molar-refractivity contribution >= 4 is 34.5 Å². The number of Topliss-reactive ketones (excluding diaryl/α,β-unsaturated/α-hetero) is 1. The van der Waals surface area contributed by atoms with Gasteiger partial charge < -0.3 is 9.84 Å². The van der Waals surface area contributed by atoms with Crippen molar-refractivity contribution in [1.82, 2.24) is 0 Å². The van der Waals surface area contributed by atoms with Crippen LogP contribution in [0.2, 0.25) is 0 Å². The lowest BCUT2D eigenvalue weighted by molar-refractivity contribution is -0.132. The summed E-state index contributed by atoms with van der Waals surface area (Å²) in [5, 5.41) is 13.2. The molecule has 164 valence electrons. The number of hydrogen-bond acceptors (Lipinski definition) is 5. The Bertz CT molecular complexity index is 1180. The molecule has 5 nitrogen and oxygen atoms in total. The van der Waals surface area contributed by atoms with E-state index in [4.69, 9.17) is 4.74 Å². The lowest BCUT2D eigenvalue weighted by Gasteiger charge is -2.25. The molecule has 6 heteroatoms. The highest BCUT2D eigenvalue weighted by Gasteiger charge is 2.47. The zero-order valence-corrected chi connectivity index (χ0v) is 19.1. The van der Waals surface area contributed by atoms with Gasteiger partial charge >= 0.3 is 0 Å². The van der Waals surface area contributed by atoms with E-state index < -0.39 is 17.7 Å². The minimum Gasteiger partial charge on any atom is -0.507 e. The SMILES string of the molecule is Cc1ccsc1C1/C(=C(/O)c2cccc(OCC(C)C)c2)C(=O)C(=O)N1c1ccccc1. The first-order valence-electron chi connectivity index (χ1n) is 10.5. The summed E-state index contributed by atoms with van der Waals surface area (Å²) < 4.78 is 5.78. The van der Waals surface area contributed by atoms with E-state index in [1.807, 2.05) is 42.6 Å². The molecule has 1 aliphatic rings. The average Bonchev–Trinajstić information content (AvgIpc) is 3.33. The summed E-state index contributed by atoms with van der Waals surface area (Å²) in [5.41, 5.74) is 2.10. The fourth-order valence-electron chi connectivity index (χ4n) is 3.75. The van der Waals surface area contributed by atoms with Crippen molar-refractivity contribution in [3.05, 3.63) is 87.6 Å². The summed E-state index contributed by atoms with van der Waals surface area (Å²) in [6.07, 6.45) is 0. The van der Waals surface area contributed by atoms with E-state index in [1.165, 1.54) is 16.2 Å². The maximum Gasteiger partial charge on any atom is 0.300 e. The normalized spacial score (nSPS) is 17.9. The topological polar surface area (TPSA) is 66.8 Å². The summed E-state index contributed by atoms with van der Waals surface area (Å²) in [7, 11) is 0. The number of rotatable bonds is 6. The van der Waals surface area contributed by atoms with Crippen molar-refractivity contribution in [3.8, 4) is 5.75 Å². The average molecular weight is 448 g/mol. The van der Waals surface area contributed by atoms with Crippen LogP contribution in [0.5, 0.6) is 5.75 Å². The number of ketones is 1. The van der Waals surface area contributed by atoms with Crippen LogP contribution in [0.15, 0.2) is 71.6 Å². The highest BCUT2D eigenvalue weighted by molar-refractivity contribution is 7.10. The number of nitrogens with zero attached hydrogens (tertiary/aromatic N) is 1. The monoisotopic (exact) mass is 447 g/mol. The Kier molecular flexibility index (Phi) is 6.15. The summed E-state index contributed by atoms with van der Waals surface area (Å²) in [5.74, 6) is -0.593. The van der Waals surface area contributed by atoms with Gasteiger partial charge in [0.05, 0.1) is 12.2 Å². The molecule has 1 atom stereocenters. The number of carbonyl (C=O) groups excluding carboxylic acids is 2. The highest BCUT2D eigenvalue weighted by Crippen LogP contribution is 2.44. The second-order valence-corrected chi connectivity index (χ2v) is 9.15. The van der Waals surface area contributed by atoms with Crippen LogP contribution in [0.3, 0.4) is 0 Å². The number of para-hydroxylation sites is 1. The maximum absolute atomic E-state index is 13.2. The molecule has 1 fully saturated rings. The lowest BCUT2D eigenvalue weighted by atomic mass is 9.98. The second kappa shape index (κ2) is 9.01. The number of amides is 1. The quantitative estimate of drug-likeness (QED) is 0.298. The number of aryl methyl sites for hydroxylation is 1. The van der Waals surface area contributed by atoms with Crippen molar-refractivity contribution in [3.63, 3.8) is 0 Å². The first-order valence-corrected chi connectivity index (χ1v) is 11.4. The van der Waals surface area contributed by atoms with Crippen molar-refractivity contribution in [1.29, 1.82) is 0 Å².